The highest BCUT2D eigenvalue weighted by Crippen LogP contribution is 2.26. The minimum absolute atomic E-state index is 0.0245. The van der Waals surface area contributed by atoms with Crippen molar-refractivity contribution in [1.82, 2.24) is 0 Å². The third-order valence-corrected chi connectivity index (χ3v) is 3.21. The van der Waals surface area contributed by atoms with Gasteiger partial charge in [0.25, 0.3) is 5.78 Å². The Morgan fingerprint density at radius 3 is 2.24 bits per heavy atom. The van der Waals surface area contributed by atoms with Gasteiger partial charge in [0.1, 0.15) is 5.75 Å². The van der Waals surface area contributed by atoms with Gasteiger partial charge in [0.2, 0.25) is 0 Å². The van der Waals surface area contributed by atoms with E-state index in [0.29, 0.717) is 12.4 Å². The molecule has 0 spiro atoms. The Hall–Kier alpha value is -3.35. The van der Waals surface area contributed by atoms with Gasteiger partial charge in [-0.25, -0.2) is 9.59 Å². The van der Waals surface area contributed by atoms with Crippen LogP contribution in [-0.4, -0.2) is 36.5 Å². The van der Waals surface area contributed by atoms with Crippen molar-refractivity contribution < 1.29 is 33.7 Å². The molecule has 25 heavy (non-hydrogen) atoms. The number of carbonyl (C=O) groups excluding carboxylic acids is 3. The summed E-state index contributed by atoms with van der Waals surface area (Å²) in [5.41, 5.74) is 0.0343. The second-order valence-corrected chi connectivity index (χ2v) is 4.85. The molecule has 130 valence electrons. The predicted octanol–water partition coefficient (Wildman–Crippen LogP) is 2.37. The molecule has 0 aliphatic rings. The lowest BCUT2D eigenvalue weighted by atomic mass is 10.1. The summed E-state index contributed by atoms with van der Waals surface area (Å²) in [7, 11) is 1.30. The zero-order valence-electron chi connectivity index (χ0n) is 13.6. The van der Waals surface area contributed by atoms with Gasteiger partial charge in [-0.3, -0.25) is 4.79 Å². The fraction of sp³-hybridized carbons (Fsp3) is 0.167. The van der Waals surface area contributed by atoms with Gasteiger partial charge in [-0.15, -0.1) is 0 Å². The number of Topliss-reactive ketones (excluding diaryl/α,β-unsaturated/α-hetero) is 1. The van der Waals surface area contributed by atoms with Crippen LogP contribution < -0.4 is 9.47 Å². The van der Waals surface area contributed by atoms with Crippen LogP contribution in [0.5, 0.6) is 17.2 Å². The molecular weight excluding hydrogens is 328 g/mol. The van der Waals surface area contributed by atoms with Gasteiger partial charge in [0, 0.05) is 5.56 Å². The summed E-state index contributed by atoms with van der Waals surface area (Å²) < 4.78 is 14.7. The Labute approximate surface area is 143 Å². The number of esters is 2. The first-order chi connectivity index (χ1) is 12.0. The van der Waals surface area contributed by atoms with Crippen molar-refractivity contribution in [2.45, 2.75) is 6.92 Å². The average molecular weight is 344 g/mol. The standard InChI is InChI=1S/C18H16O7/c1-3-24-13-7-4-11(5-8-13)17(21)25-18(22)16(20)12-6-9-14(19)15(10-12)23-2/h4-10,19H,3H2,1-2H3. The summed E-state index contributed by atoms with van der Waals surface area (Å²) in [5.74, 6) is -2.90. The lowest BCUT2D eigenvalue weighted by Crippen LogP contribution is -2.21. The minimum Gasteiger partial charge on any atom is -0.504 e. The highest BCUT2D eigenvalue weighted by atomic mass is 16.6. The summed E-state index contributed by atoms with van der Waals surface area (Å²) in [6, 6.07) is 9.56. The number of hydrogen-bond donors (Lipinski definition) is 1. The fourth-order valence-electron chi connectivity index (χ4n) is 1.98. The highest BCUT2D eigenvalue weighted by Gasteiger charge is 2.23. The van der Waals surface area contributed by atoms with Gasteiger partial charge >= 0.3 is 11.9 Å². The minimum atomic E-state index is -1.33. The maximum atomic E-state index is 12.0. The van der Waals surface area contributed by atoms with Gasteiger partial charge in [-0.05, 0) is 49.4 Å². The quantitative estimate of drug-likeness (QED) is 0.372. The molecule has 0 saturated carbocycles. The van der Waals surface area contributed by atoms with Crippen LogP contribution in [0.25, 0.3) is 0 Å². The maximum Gasteiger partial charge on any atom is 0.387 e. The van der Waals surface area contributed by atoms with Crippen LogP contribution in [-0.2, 0) is 9.53 Å². The average Bonchev–Trinajstić information content (AvgIpc) is 2.62. The van der Waals surface area contributed by atoms with E-state index in [0.717, 1.165) is 0 Å². The Balaban J connectivity index is 2.07. The van der Waals surface area contributed by atoms with E-state index >= 15 is 0 Å². The van der Waals surface area contributed by atoms with Crippen LogP contribution >= 0.6 is 0 Å². The molecular formula is C18H16O7. The van der Waals surface area contributed by atoms with Crippen LogP contribution in [0.4, 0.5) is 0 Å². The molecule has 7 nitrogen and oxygen atoms in total. The second kappa shape index (κ2) is 7.96. The normalized spacial score (nSPS) is 10.0. The number of phenols is 1. The number of methoxy groups -OCH3 is 1. The fourth-order valence-corrected chi connectivity index (χ4v) is 1.98. The van der Waals surface area contributed by atoms with Crippen molar-refractivity contribution in [2.24, 2.45) is 0 Å². The van der Waals surface area contributed by atoms with Crippen molar-refractivity contribution >= 4 is 17.7 Å². The van der Waals surface area contributed by atoms with Crippen LogP contribution in [0.2, 0.25) is 0 Å². The van der Waals surface area contributed by atoms with Gasteiger partial charge in [-0.1, -0.05) is 0 Å². The van der Waals surface area contributed by atoms with E-state index in [1.807, 2.05) is 6.92 Å². The Morgan fingerprint density at radius 2 is 1.64 bits per heavy atom. The molecule has 1 N–H and O–H groups in total. The van der Waals surface area contributed by atoms with Gasteiger partial charge in [-0.2, -0.15) is 0 Å². The molecule has 0 aromatic heterocycles. The first-order valence-corrected chi connectivity index (χ1v) is 7.37. The third kappa shape index (κ3) is 4.35. The molecule has 0 unspecified atom stereocenters. The molecule has 2 aromatic rings. The van der Waals surface area contributed by atoms with E-state index in [-0.39, 0.29) is 22.6 Å². The van der Waals surface area contributed by atoms with Crippen molar-refractivity contribution in [2.75, 3.05) is 13.7 Å². The topological polar surface area (TPSA) is 99.1 Å². The molecule has 2 rings (SSSR count). The Morgan fingerprint density at radius 1 is 1.00 bits per heavy atom. The number of ketones is 1. The number of carbonyl (C=O) groups is 3. The van der Waals surface area contributed by atoms with Crippen LogP contribution in [0.1, 0.15) is 27.6 Å². The number of hydrogen-bond acceptors (Lipinski definition) is 7. The van der Waals surface area contributed by atoms with Crippen molar-refractivity contribution in [3.05, 3.63) is 53.6 Å². The van der Waals surface area contributed by atoms with E-state index in [2.05, 4.69) is 4.74 Å². The van der Waals surface area contributed by atoms with Gasteiger partial charge < -0.3 is 19.3 Å². The van der Waals surface area contributed by atoms with Crippen molar-refractivity contribution in [1.29, 1.82) is 0 Å². The maximum absolute atomic E-state index is 12.0. The highest BCUT2D eigenvalue weighted by molar-refractivity contribution is 6.42. The van der Waals surface area contributed by atoms with E-state index in [9.17, 15) is 19.5 Å². The first kappa shape index (κ1) is 18.0. The monoisotopic (exact) mass is 344 g/mol. The van der Waals surface area contributed by atoms with Crippen LogP contribution in [0.15, 0.2) is 42.5 Å². The molecule has 0 bridgehead atoms. The lowest BCUT2D eigenvalue weighted by Gasteiger charge is -2.06. The summed E-state index contributed by atoms with van der Waals surface area (Å²) in [4.78, 5) is 35.8. The molecule has 0 fully saturated rings. The van der Waals surface area contributed by atoms with Gasteiger partial charge in [0.15, 0.2) is 11.5 Å². The predicted molar refractivity (Wildman–Crippen MR) is 87.0 cm³/mol. The van der Waals surface area contributed by atoms with E-state index in [4.69, 9.17) is 9.47 Å². The number of aromatic hydroxyl groups is 1. The number of ether oxygens (including phenoxy) is 3. The largest absolute Gasteiger partial charge is 0.504 e. The smallest absolute Gasteiger partial charge is 0.387 e. The molecule has 0 heterocycles. The molecule has 0 radical (unpaired) electrons. The van der Waals surface area contributed by atoms with E-state index < -0.39 is 17.7 Å². The molecule has 2 aromatic carbocycles. The van der Waals surface area contributed by atoms with Crippen LogP contribution in [0, 0.1) is 0 Å². The second-order valence-electron chi connectivity index (χ2n) is 4.85. The van der Waals surface area contributed by atoms with E-state index in [1.54, 1.807) is 12.1 Å². The molecule has 0 amide bonds. The molecule has 0 aliphatic heterocycles. The number of benzene rings is 2. The summed E-state index contributed by atoms with van der Waals surface area (Å²) in [5, 5.41) is 9.49. The van der Waals surface area contributed by atoms with Crippen LogP contribution in [0.3, 0.4) is 0 Å². The third-order valence-electron chi connectivity index (χ3n) is 3.21. The summed E-state index contributed by atoms with van der Waals surface area (Å²) >= 11 is 0. The molecule has 0 atom stereocenters. The molecule has 0 aliphatic carbocycles. The van der Waals surface area contributed by atoms with E-state index in [1.165, 1.54) is 37.4 Å². The summed E-state index contributed by atoms with van der Waals surface area (Å²) in [6.45, 7) is 2.30. The first-order valence-electron chi connectivity index (χ1n) is 7.37. The zero-order chi connectivity index (χ0) is 18.4. The lowest BCUT2D eigenvalue weighted by molar-refractivity contribution is -0.132. The van der Waals surface area contributed by atoms with Crippen molar-refractivity contribution in [3.63, 3.8) is 0 Å². The number of phenolic OH excluding ortho intramolecular Hbond substituents is 1. The Bertz CT molecular complexity index is 794. The SMILES string of the molecule is CCOc1ccc(C(=O)OC(=O)C(=O)c2ccc(O)c(OC)c2)cc1. The Kier molecular flexibility index (Phi) is 5.73. The molecule has 0 saturated heterocycles. The summed E-state index contributed by atoms with van der Waals surface area (Å²) in [6.07, 6.45) is 0. The zero-order valence-corrected chi connectivity index (χ0v) is 13.6. The van der Waals surface area contributed by atoms with Gasteiger partial charge in [0.05, 0.1) is 19.3 Å². The van der Waals surface area contributed by atoms with Crippen molar-refractivity contribution in [3.8, 4) is 17.2 Å². The molecule has 7 heteroatoms. The number of rotatable bonds is 6.